The van der Waals surface area contributed by atoms with Crippen molar-refractivity contribution in [1.29, 1.82) is 0 Å². The molecule has 0 fully saturated rings. The van der Waals surface area contributed by atoms with E-state index in [0.29, 0.717) is 11.3 Å². The molecule has 0 radical (unpaired) electrons. The van der Waals surface area contributed by atoms with E-state index < -0.39 is 12.0 Å². The molecule has 0 spiro atoms. The number of fused-ring (bicyclic) bond motifs is 1. The first-order chi connectivity index (χ1) is 7.68. The molecule has 1 unspecified atom stereocenters. The number of carbonyl (C=O) groups excluding carboxylic acids is 1. The third-order valence-corrected chi connectivity index (χ3v) is 2.41. The maximum Gasteiger partial charge on any atom is 0.303 e. The number of hydrogen-bond acceptors (Lipinski definition) is 4. The molecule has 1 N–H and O–H groups in total. The Labute approximate surface area is 91.8 Å². The van der Waals surface area contributed by atoms with E-state index in [0.717, 1.165) is 0 Å². The number of rotatable bonds is 3. The van der Waals surface area contributed by atoms with Crippen molar-refractivity contribution in [3.8, 4) is 0 Å². The highest BCUT2D eigenvalue weighted by molar-refractivity contribution is 6.05. The van der Waals surface area contributed by atoms with Crippen LogP contribution in [-0.2, 0) is 4.79 Å². The molecule has 0 amide bonds. The van der Waals surface area contributed by atoms with Crippen LogP contribution in [0.1, 0.15) is 23.2 Å². The average molecular weight is 218 g/mol. The summed E-state index contributed by atoms with van der Waals surface area (Å²) in [5.74, 6) is -1.08. The fourth-order valence-electron chi connectivity index (χ4n) is 1.58. The number of hydrogen-bond donors (Lipinski definition) is 1. The molecule has 0 saturated heterocycles. The van der Waals surface area contributed by atoms with Gasteiger partial charge in [0.25, 0.3) is 0 Å². The molecule has 1 aliphatic heterocycles. The second-order valence-electron chi connectivity index (χ2n) is 3.55. The maximum absolute atomic E-state index is 11.9. The minimum absolute atomic E-state index is 0.0718. The molecule has 0 aromatic heterocycles. The first kappa shape index (κ1) is 10.5. The fourth-order valence-corrected chi connectivity index (χ4v) is 1.58. The quantitative estimate of drug-likeness (QED) is 0.844. The van der Waals surface area contributed by atoms with Gasteiger partial charge in [0.05, 0.1) is 5.69 Å². The summed E-state index contributed by atoms with van der Waals surface area (Å²) in [6.07, 6.45) is 0.129. The summed E-state index contributed by atoms with van der Waals surface area (Å²) in [6, 6.07) is 6.29. The first-order valence-electron chi connectivity index (χ1n) is 4.94. The van der Waals surface area contributed by atoms with E-state index in [9.17, 15) is 9.59 Å². The fraction of sp³-hybridized carbons (Fsp3) is 0.273. The minimum atomic E-state index is -0.929. The second-order valence-corrected chi connectivity index (χ2v) is 3.55. The second kappa shape index (κ2) is 4.22. The van der Waals surface area contributed by atoms with Crippen LogP contribution in [0.4, 0.5) is 5.69 Å². The van der Waals surface area contributed by atoms with Crippen LogP contribution in [0.25, 0.3) is 0 Å². The largest absolute Gasteiger partial charge is 0.481 e. The third-order valence-electron chi connectivity index (χ3n) is 2.41. The van der Waals surface area contributed by atoms with Gasteiger partial charge in [-0.25, -0.2) is 0 Å². The van der Waals surface area contributed by atoms with E-state index in [4.69, 9.17) is 5.11 Å². The third kappa shape index (κ3) is 1.98. The Kier molecular flexibility index (Phi) is 2.76. The lowest BCUT2D eigenvalue weighted by molar-refractivity contribution is -0.137. The predicted octanol–water partition coefficient (Wildman–Crippen LogP) is 2.20. The number of benzene rings is 1. The average Bonchev–Trinajstić information content (AvgIpc) is 2.28. The summed E-state index contributed by atoms with van der Waals surface area (Å²) >= 11 is 0. The Balaban J connectivity index is 2.18. The van der Waals surface area contributed by atoms with Crippen molar-refractivity contribution in [1.82, 2.24) is 0 Å². The van der Waals surface area contributed by atoms with Gasteiger partial charge in [-0.05, 0) is 18.6 Å². The van der Waals surface area contributed by atoms with Crippen LogP contribution in [0.5, 0.6) is 0 Å². The Bertz CT molecular complexity index is 468. The molecule has 5 nitrogen and oxygen atoms in total. The predicted molar refractivity (Wildman–Crippen MR) is 55.9 cm³/mol. The molecule has 2 rings (SSSR count). The molecule has 1 aromatic rings. The van der Waals surface area contributed by atoms with E-state index in [1.165, 1.54) is 0 Å². The number of ketones is 1. The molecule has 0 bridgehead atoms. The van der Waals surface area contributed by atoms with Gasteiger partial charge < -0.3 is 5.11 Å². The summed E-state index contributed by atoms with van der Waals surface area (Å²) in [4.78, 5) is 22.3. The minimum Gasteiger partial charge on any atom is -0.481 e. The summed E-state index contributed by atoms with van der Waals surface area (Å²) in [5, 5.41) is 16.3. The molecule has 1 aromatic carbocycles. The normalized spacial score (nSPS) is 18.2. The molecule has 5 heteroatoms. The standard InChI is InChI=1S/C11H10N2O3/c14-10(15)6-5-9-11(16)7-3-1-2-4-8(7)12-13-9/h1-4,9H,5-6H2,(H,14,15). The van der Waals surface area contributed by atoms with Gasteiger partial charge in [0.2, 0.25) is 0 Å². The van der Waals surface area contributed by atoms with Gasteiger partial charge in [0.15, 0.2) is 5.78 Å². The van der Waals surface area contributed by atoms with Crippen LogP contribution < -0.4 is 0 Å². The Morgan fingerprint density at radius 2 is 2.12 bits per heavy atom. The number of nitrogens with zero attached hydrogens (tertiary/aromatic N) is 2. The van der Waals surface area contributed by atoms with Crippen LogP contribution in [-0.4, -0.2) is 22.9 Å². The van der Waals surface area contributed by atoms with Crippen molar-refractivity contribution in [3.63, 3.8) is 0 Å². The molecule has 1 heterocycles. The lowest BCUT2D eigenvalue weighted by Crippen LogP contribution is -2.22. The van der Waals surface area contributed by atoms with Crippen molar-refractivity contribution in [2.24, 2.45) is 10.2 Å². The van der Waals surface area contributed by atoms with Crippen LogP contribution in [0.2, 0.25) is 0 Å². The van der Waals surface area contributed by atoms with Gasteiger partial charge in [-0.15, -0.1) is 0 Å². The van der Waals surface area contributed by atoms with Crippen molar-refractivity contribution >= 4 is 17.4 Å². The number of aliphatic carboxylic acids is 1. The van der Waals surface area contributed by atoms with E-state index >= 15 is 0 Å². The van der Waals surface area contributed by atoms with E-state index in [-0.39, 0.29) is 18.6 Å². The van der Waals surface area contributed by atoms with Crippen molar-refractivity contribution in [3.05, 3.63) is 29.8 Å². The van der Waals surface area contributed by atoms with Gasteiger partial charge >= 0.3 is 5.97 Å². The number of carbonyl (C=O) groups is 2. The van der Waals surface area contributed by atoms with Crippen molar-refractivity contribution in [2.75, 3.05) is 0 Å². The van der Waals surface area contributed by atoms with E-state index in [1.807, 2.05) is 0 Å². The van der Waals surface area contributed by atoms with Crippen LogP contribution in [0, 0.1) is 0 Å². The summed E-state index contributed by atoms with van der Waals surface area (Å²) in [5.41, 5.74) is 1.08. The number of azo groups is 1. The highest BCUT2D eigenvalue weighted by atomic mass is 16.4. The molecular formula is C11H10N2O3. The van der Waals surface area contributed by atoms with Crippen LogP contribution in [0.3, 0.4) is 0 Å². The van der Waals surface area contributed by atoms with Gasteiger partial charge in [0, 0.05) is 12.0 Å². The molecule has 1 aliphatic rings. The van der Waals surface area contributed by atoms with Crippen molar-refractivity contribution in [2.45, 2.75) is 18.9 Å². The molecule has 1 atom stereocenters. The van der Waals surface area contributed by atoms with E-state index in [2.05, 4.69) is 10.2 Å². The smallest absolute Gasteiger partial charge is 0.303 e. The van der Waals surface area contributed by atoms with Gasteiger partial charge in [0.1, 0.15) is 6.04 Å². The summed E-state index contributed by atoms with van der Waals surface area (Å²) in [6.45, 7) is 0. The molecule has 82 valence electrons. The SMILES string of the molecule is O=C(O)CCC1N=Nc2ccccc2C1=O. The molecule has 0 saturated carbocycles. The molecular weight excluding hydrogens is 208 g/mol. The summed E-state index contributed by atoms with van der Waals surface area (Å²) < 4.78 is 0. The number of carboxylic acids is 1. The number of Topliss-reactive ketones (excluding diaryl/α,β-unsaturated/α-hetero) is 1. The molecule has 16 heavy (non-hydrogen) atoms. The topological polar surface area (TPSA) is 79.1 Å². The Morgan fingerprint density at radius 1 is 1.38 bits per heavy atom. The van der Waals surface area contributed by atoms with Gasteiger partial charge in [-0.1, -0.05) is 12.1 Å². The van der Waals surface area contributed by atoms with Gasteiger partial charge in [-0.2, -0.15) is 10.2 Å². The Hall–Kier alpha value is -2.04. The maximum atomic E-state index is 11.9. The number of carboxylic acid groups (broad SMARTS) is 1. The zero-order valence-corrected chi connectivity index (χ0v) is 8.46. The highest BCUT2D eigenvalue weighted by Gasteiger charge is 2.26. The zero-order valence-electron chi connectivity index (χ0n) is 8.46. The Morgan fingerprint density at radius 3 is 2.88 bits per heavy atom. The van der Waals surface area contributed by atoms with Crippen LogP contribution >= 0.6 is 0 Å². The summed E-state index contributed by atoms with van der Waals surface area (Å²) in [7, 11) is 0. The monoisotopic (exact) mass is 218 g/mol. The van der Waals surface area contributed by atoms with E-state index in [1.54, 1.807) is 24.3 Å². The van der Waals surface area contributed by atoms with Crippen LogP contribution in [0.15, 0.2) is 34.5 Å². The first-order valence-corrected chi connectivity index (χ1v) is 4.94. The lowest BCUT2D eigenvalue weighted by atomic mass is 9.98. The van der Waals surface area contributed by atoms with Crippen molar-refractivity contribution < 1.29 is 14.7 Å². The highest BCUT2D eigenvalue weighted by Crippen LogP contribution is 2.27. The van der Waals surface area contributed by atoms with Gasteiger partial charge in [-0.3, -0.25) is 9.59 Å². The zero-order chi connectivity index (χ0) is 11.5. The molecule has 0 aliphatic carbocycles. The lowest BCUT2D eigenvalue weighted by Gasteiger charge is -2.14.